The number of amides is 1. The molecular formula is C13H19BrN2O3S2. The molecule has 118 valence electrons. The van der Waals surface area contributed by atoms with E-state index in [1.165, 1.54) is 4.31 Å². The molecule has 0 unspecified atom stereocenters. The van der Waals surface area contributed by atoms with E-state index in [4.69, 9.17) is 0 Å². The Morgan fingerprint density at radius 3 is 2.67 bits per heavy atom. The molecule has 0 aliphatic carbocycles. The van der Waals surface area contributed by atoms with Gasteiger partial charge in [0.05, 0.1) is 12.3 Å². The van der Waals surface area contributed by atoms with Crippen molar-refractivity contribution in [2.45, 2.75) is 26.3 Å². The summed E-state index contributed by atoms with van der Waals surface area (Å²) in [6, 6.07) is 1.99. The lowest BCUT2D eigenvalue weighted by molar-refractivity contribution is -0.126. The molecule has 2 heterocycles. The number of hydrogen-bond acceptors (Lipinski definition) is 4. The van der Waals surface area contributed by atoms with Crippen molar-refractivity contribution in [2.24, 2.45) is 5.92 Å². The number of carbonyl (C=O) groups is 1. The lowest BCUT2D eigenvalue weighted by Gasteiger charge is -2.30. The first-order valence-corrected chi connectivity index (χ1v) is 10.2. The van der Waals surface area contributed by atoms with E-state index in [1.54, 1.807) is 18.3 Å². The lowest BCUT2D eigenvalue weighted by Crippen LogP contribution is -2.43. The quantitative estimate of drug-likeness (QED) is 0.831. The summed E-state index contributed by atoms with van der Waals surface area (Å²) >= 11 is 4.98. The zero-order chi connectivity index (χ0) is 15.5. The summed E-state index contributed by atoms with van der Waals surface area (Å²) in [7, 11) is -3.12. The van der Waals surface area contributed by atoms with E-state index >= 15 is 0 Å². The molecule has 1 aliphatic heterocycles. The second-order valence-electron chi connectivity index (χ2n) is 5.02. The van der Waals surface area contributed by atoms with Gasteiger partial charge in [-0.15, -0.1) is 11.3 Å². The van der Waals surface area contributed by atoms with Crippen molar-refractivity contribution in [3.05, 3.63) is 20.8 Å². The van der Waals surface area contributed by atoms with Crippen LogP contribution in [0.25, 0.3) is 0 Å². The van der Waals surface area contributed by atoms with Crippen LogP contribution in [0.1, 0.15) is 24.6 Å². The number of rotatable bonds is 5. The van der Waals surface area contributed by atoms with Gasteiger partial charge in [-0.2, -0.15) is 0 Å². The third-order valence-electron chi connectivity index (χ3n) is 3.64. The van der Waals surface area contributed by atoms with Crippen LogP contribution in [0.4, 0.5) is 0 Å². The maximum absolute atomic E-state index is 12.1. The van der Waals surface area contributed by atoms with Gasteiger partial charge in [-0.25, -0.2) is 12.7 Å². The zero-order valence-corrected chi connectivity index (χ0v) is 15.1. The molecule has 1 aliphatic rings. The molecule has 0 atom stereocenters. The van der Waals surface area contributed by atoms with Crippen molar-refractivity contribution in [2.75, 3.05) is 18.8 Å². The largest absolute Gasteiger partial charge is 0.351 e. The van der Waals surface area contributed by atoms with Gasteiger partial charge in [0.1, 0.15) is 0 Å². The van der Waals surface area contributed by atoms with Gasteiger partial charge in [-0.05, 0) is 41.8 Å². The highest BCUT2D eigenvalue weighted by molar-refractivity contribution is 9.10. The lowest BCUT2D eigenvalue weighted by atomic mass is 9.97. The number of nitrogens with zero attached hydrogens (tertiary/aromatic N) is 1. The average molecular weight is 395 g/mol. The number of hydrogen-bond donors (Lipinski definition) is 1. The van der Waals surface area contributed by atoms with Crippen LogP contribution in [0.15, 0.2) is 15.9 Å². The van der Waals surface area contributed by atoms with Crippen LogP contribution in [0.2, 0.25) is 0 Å². The zero-order valence-electron chi connectivity index (χ0n) is 11.8. The molecule has 8 heteroatoms. The highest BCUT2D eigenvalue weighted by atomic mass is 79.9. The average Bonchev–Trinajstić information content (AvgIpc) is 2.90. The normalized spacial score (nSPS) is 17.8. The third-order valence-corrected chi connectivity index (χ3v) is 7.22. The second kappa shape index (κ2) is 7.21. The Labute approximate surface area is 137 Å². The van der Waals surface area contributed by atoms with Crippen molar-refractivity contribution < 1.29 is 13.2 Å². The Morgan fingerprint density at radius 1 is 1.48 bits per heavy atom. The molecule has 0 aromatic carbocycles. The predicted molar refractivity (Wildman–Crippen MR) is 87.6 cm³/mol. The van der Waals surface area contributed by atoms with Crippen LogP contribution in [-0.4, -0.2) is 37.5 Å². The van der Waals surface area contributed by atoms with Crippen LogP contribution in [0.5, 0.6) is 0 Å². The van der Waals surface area contributed by atoms with Crippen LogP contribution < -0.4 is 5.32 Å². The van der Waals surface area contributed by atoms with Gasteiger partial charge in [0, 0.05) is 33.7 Å². The van der Waals surface area contributed by atoms with E-state index in [-0.39, 0.29) is 17.6 Å². The van der Waals surface area contributed by atoms with Crippen LogP contribution in [-0.2, 0) is 21.4 Å². The minimum atomic E-state index is -3.12. The molecule has 1 fully saturated rings. The molecule has 5 nitrogen and oxygen atoms in total. The number of thiophene rings is 1. The summed E-state index contributed by atoms with van der Waals surface area (Å²) in [5, 5.41) is 4.91. The van der Waals surface area contributed by atoms with E-state index in [0.29, 0.717) is 32.5 Å². The van der Waals surface area contributed by atoms with Crippen LogP contribution >= 0.6 is 27.3 Å². The minimum absolute atomic E-state index is 0.0214. The van der Waals surface area contributed by atoms with Gasteiger partial charge < -0.3 is 5.32 Å². The van der Waals surface area contributed by atoms with Crippen molar-refractivity contribution >= 4 is 43.2 Å². The topological polar surface area (TPSA) is 66.5 Å². The predicted octanol–water partition coefficient (Wildman–Crippen LogP) is 2.19. The molecule has 1 aromatic rings. The molecule has 1 aromatic heterocycles. The fraction of sp³-hybridized carbons (Fsp3) is 0.615. The third kappa shape index (κ3) is 4.51. The Bertz CT molecular complexity index is 592. The van der Waals surface area contributed by atoms with E-state index in [2.05, 4.69) is 21.2 Å². The van der Waals surface area contributed by atoms with Crippen LogP contribution in [0, 0.1) is 5.92 Å². The molecule has 1 saturated heterocycles. The maximum atomic E-state index is 12.1. The fourth-order valence-corrected chi connectivity index (χ4v) is 4.87. The van der Waals surface area contributed by atoms with E-state index in [9.17, 15) is 13.2 Å². The number of sulfonamides is 1. The minimum Gasteiger partial charge on any atom is -0.351 e. The first-order valence-electron chi connectivity index (χ1n) is 6.91. The van der Waals surface area contributed by atoms with Gasteiger partial charge in [0.15, 0.2) is 0 Å². The first-order chi connectivity index (χ1) is 9.92. The highest BCUT2D eigenvalue weighted by Crippen LogP contribution is 2.22. The summed E-state index contributed by atoms with van der Waals surface area (Å²) in [6.45, 7) is 3.06. The van der Waals surface area contributed by atoms with Gasteiger partial charge in [0.2, 0.25) is 15.9 Å². The number of halogens is 1. The van der Waals surface area contributed by atoms with Gasteiger partial charge in [0.25, 0.3) is 0 Å². The molecule has 0 radical (unpaired) electrons. The molecule has 0 spiro atoms. The second-order valence-corrected chi connectivity index (χ2v) is 9.19. The first kappa shape index (κ1) is 16.9. The SMILES string of the molecule is CCS(=O)(=O)N1CCC(C(=O)NCc2cc(Br)cs2)CC1. The summed E-state index contributed by atoms with van der Waals surface area (Å²) in [5.41, 5.74) is 0. The van der Waals surface area contributed by atoms with Gasteiger partial charge in [-0.1, -0.05) is 0 Å². The molecule has 2 rings (SSSR count). The smallest absolute Gasteiger partial charge is 0.223 e. The molecule has 1 N–H and O–H groups in total. The Kier molecular flexibility index (Phi) is 5.81. The van der Waals surface area contributed by atoms with Crippen molar-refractivity contribution in [3.63, 3.8) is 0 Å². The Hall–Kier alpha value is -0.440. The number of piperidine rings is 1. The number of carbonyl (C=O) groups excluding carboxylic acids is 1. The molecule has 0 saturated carbocycles. The highest BCUT2D eigenvalue weighted by Gasteiger charge is 2.29. The van der Waals surface area contributed by atoms with E-state index < -0.39 is 10.0 Å². The van der Waals surface area contributed by atoms with Crippen molar-refractivity contribution in [3.8, 4) is 0 Å². The van der Waals surface area contributed by atoms with Crippen molar-refractivity contribution in [1.29, 1.82) is 0 Å². The Morgan fingerprint density at radius 2 is 2.14 bits per heavy atom. The molecule has 21 heavy (non-hydrogen) atoms. The summed E-state index contributed by atoms with van der Waals surface area (Å²) in [6.07, 6.45) is 1.19. The monoisotopic (exact) mass is 394 g/mol. The Balaban J connectivity index is 1.80. The van der Waals surface area contributed by atoms with E-state index in [1.807, 2.05) is 11.4 Å². The molecular weight excluding hydrogens is 376 g/mol. The van der Waals surface area contributed by atoms with E-state index in [0.717, 1.165) is 9.35 Å². The van der Waals surface area contributed by atoms with Crippen molar-refractivity contribution in [1.82, 2.24) is 9.62 Å². The fourth-order valence-electron chi connectivity index (χ4n) is 2.34. The summed E-state index contributed by atoms with van der Waals surface area (Å²) in [5.74, 6) is 0.0571. The molecule has 0 bridgehead atoms. The van der Waals surface area contributed by atoms with Crippen LogP contribution in [0.3, 0.4) is 0 Å². The maximum Gasteiger partial charge on any atom is 0.223 e. The number of nitrogens with one attached hydrogen (secondary N) is 1. The van der Waals surface area contributed by atoms with Gasteiger partial charge in [-0.3, -0.25) is 4.79 Å². The summed E-state index contributed by atoms with van der Waals surface area (Å²) < 4.78 is 26.0. The summed E-state index contributed by atoms with van der Waals surface area (Å²) in [4.78, 5) is 13.2. The standard InChI is InChI=1S/C13H19BrN2O3S2/c1-2-21(18,19)16-5-3-10(4-6-16)13(17)15-8-12-7-11(14)9-20-12/h7,9-10H,2-6,8H2,1H3,(H,15,17). The van der Waals surface area contributed by atoms with Gasteiger partial charge >= 0.3 is 0 Å². The molecule has 1 amide bonds.